The summed E-state index contributed by atoms with van der Waals surface area (Å²) in [5.74, 6) is 0.866. The number of nitrogens with one attached hydrogen (secondary N) is 2. The van der Waals surface area contributed by atoms with Gasteiger partial charge >= 0.3 is 0 Å². The van der Waals surface area contributed by atoms with E-state index in [0.29, 0.717) is 0 Å². The number of halogens is 1. The number of hydrogen-bond acceptors (Lipinski definition) is 2. The van der Waals surface area contributed by atoms with Crippen LogP contribution >= 0.6 is 24.0 Å². The Hall–Kier alpha value is -0.790. The molecule has 1 rings (SSSR count). The third kappa shape index (κ3) is 6.50. The Kier molecular flexibility index (Phi) is 8.83. The molecule has 0 aromatic carbocycles. The summed E-state index contributed by atoms with van der Waals surface area (Å²) < 4.78 is 1.82. The van der Waals surface area contributed by atoms with Gasteiger partial charge in [0.15, 0.2) is 5.96 Å². The maximum absolute atomic E-state index is 4.14. The zero-order chi connectivity index (χ0) is 11.8. The smallest absolute Gasteiger partial charge is 0.190 e. The van der Waals surface area contributed by atoms with Crippen molar-refractivity contribution in [2.75, 3.05) is 20.1 Å². The highest BCUT2D eigenvalue weighted by atomic mass is 127. The Morgan fingerprint density at radius 3 is 2.65 bits per heavy atom. The van der Waals surface area contributed by atoms with Crippen LogP contribution in [0.15, 0.2) is 17.4 Å². The summed E-state index contributed by atoms with van der Waals surface area (Å²) >= 11 is 0. The maximum Gasteiger partial charge on any atom is 0.190 e. The third-order valence-electron chi connectivity index (χ3n) is 2.23. The molecule has 0 amide bonds. The number of nitrogens with zero attached hydrogens (tertiary/aromatic N) is 3. The molecule has 2 N–H and O–H groups in total. The molecular weight excluding hydrogens is 329 g/mol. The first-order chi connectivity index (χ1) is 7.76. The first-order valence-electron chi connectivity index (χ1n) is 5.68. The number of rotatable bonds is 5. The second kappa shape index (κ2) is 9.26. The minimum Gasteiger partial charge on any atom is -0.356 e. The van der Waals surface area contributed by atoms with Gasteiger partial charge in [-0.25, -0.2) is 0 Å². The first kappa shape index (κ1) is 16.2. The summed E-state index contributed by atoms with van der Waals surface area (Å²) in [4.78, 5) is 4.14. The minimum atomic E-state index is 0. The van der Waals surface area contributed by atoms with E-state index in [1.54, 1.807) is 7.05 Å². The fraction of sp³-hybridized carbons (Fsp3) is 0.636. The Balaban J connectivity index is 0.00000256. The fourth-order valence-electron chi connectivity index (χ4n) is 1.39. The molecule has 0 unspecified atom stereocenters. The lowest BCUT2D eigenvalue weighted by atomic mass is 10.2. The lowest BCUT2D eigenvalue weighted by molar-refractivity contribution is 0.762. The lowest BCUT2D eigenvalue weighted by Crippen LogP contribution is -2.38. The van der Waals surface area contributed by atoms with Crippen molar-refractivity contribution in [1.82, 2.24) is 20.4 Å². The molecule has 0 atom stereocenters. The van der Waals surface area contributed by atoms with Gasteiger partial charge in [-0.05, 0) is 18.4 Å². The van der Waals surface area contributed by atoms with Crippen molar-refractivity contribution in [3.05, 3.63) is 18.0 Å². The van der Waals surface area contributed by atoms with E-state index >= 15 is 0 Å². The fourth-order valence-corrected chi connectivity index (χ4v) is 1.39. The second-order valence-electron chi connectivity index (χ2n) is 3.70. The van der Waals surface area contributed by atoms with Crippen LogP contribution in [0, 0.1) is 0 Å². The number of aromatic nitrogens is 2. The second-order valence-corrected chi connectivity index (χ2v) is 3.70. The molecule has 5 nitrogen and oxygen atoms in total. The third-order valence-corrected chi connectivity index (χ3v) is 2.23. The number of aliphatic imine (C=N–C) groups is 1. The van der Waals surface area contributed by atoms with E-state index in [9.17, 15) is 0 Å². The summed E-state index contributed by atoms with van der Waals surface area (Å²) in [6, 6.07) is 0. The van der Waals surface area contributed by atoms with Crippen molar-refractivity contribution in [3.8, 4) is 0 Å². The van der Waals surface area contributed by atoms with Gasteiger partial charge in [-0.1, -0.05) is 6.92 Å². The van der Waals surface area contributed by atoms with Crippen molar-refractivity contribution < 1.29 is 0 Å². The molecule has 0 aliphatic carbocycles. The standard InChI is InChI=1S/C11H21N5.HI/c1-4-6-13-11(12-2)14-7-5-10-8-15-16(3)9-10;/h8-9H,4-7H2,1-3H3,(H2,12,13,14);1H. The predicted octanol–water partition coefficient (Wildman–Crippen LogP) is 1.16. The van der Waals surface area contributed by atoms with Crippen LogP contribution < -0.4 is 10.6 Å². The van der Waals surface area contributed by atoms with E-state index < -0.39 is 0 Å². The Morgan fingerprint density at radius 2 is 2.12 bits per heavy atom. The van der Waals surface area contributed by atoms with Crippen molar-refractivity contribution in [2.45, 2.75) is 19.8 Å². The van der Waals surface area contributed by atoms with Crippen molar-refractivity contribution >= 4 is 29.9 Å². The van der Waals surface area contributed by atoms with E-state index in [1.807, 2.05) is 24.1 Å². The van der Waals surface area contributed by atoms with Gasteiger partial charge in [0.25, 0.3) is 0 Å². The largest absolute Gasteiger partial charge is 0.356 e. The van der Waals surface area contributed by atoms with E-state index in [0.717, 1.165) is 31.9 Å². The van der Waals surface area contributed by atoms with Gasteiger partial charge in [-0.2, -0.15) is 5.10 Å². The van der Waals surface area contributed by atoms with Gasteiger partial charge in [-0.3, -0.25) is 9.67 Å². The van der Waals surface area contributed by atoms with E-state index in [4.69, 9.17) is 0 Å². The summed E-state index contributed by atoms with van der Waals surface area (Å²) in [6.07, 6.45) is 5.98. The number of guanidine groups is 1. The van der Waals surface area contributed by atoms with Gasteiger partial charge in [0, 0.05) is 33.4 Å². The average molecular weight is 351 g/mol. The molecule has 6 heteroatoms. The molecule has 1 heterocycles. The molecule has 0 bridgehead atoms. The topological polar surface area (TPSA) is 54.2 Å². The van der Waals surface area contributed by atoms with Crippen LogP contribution in [-0.2, 0) is 13.5 Å². The van der Waals surface area contributed by atoms with Crippen LogP contribution in [0.1, 0.15) is 18.9 Å². The van der Waals surface area contributed by atoms with Crippen LogP contribution in [0.5, 0.6) is 0 Å². The monoisotopic (exact) mass is 351 g/mol. The highest BCUT2D eigenvalue weighted by molar-refractivity contribution is 14.0. The summed E-state index contributed by atoms with van der Waals surface area (Å²) in [5.41, 5.74) is 1.24. The highest BCUT2D eigenvalue weighted by Gasteiger charge is 1.98. The first-order valence-corrected chi connectivity index (χ1v) is 5.68. The normalized spacial score (nSPS) is 10.9. The maximum atomic E-state index is 4.14. The van der Waals surface area contributed by atoms with E-state index in [1.165, 1.54) is 5.56 Å². The summed E-state index contributed by atoms with van der Waals surface area (Å²) in [5, 5.41) is 10.6. The van der Waals surface area contributed by atoms with Gasteiger partial charge in [0.2, 0.25) is 0 Å². The van der Waals surface area contributed by atoms with Crippen molar-refractivity contribution in [1.29, 1.82) is 0 Å². The molecule has 0 aliphatic heterocycles. The molecule has 0 radical (unpaired) electrons. The molecule has 17 heavy (non-hydrogen) atoms. The highest BCUT2D eigenvalue weighted by Crippen LogP contribution is 1.95. The Labute approximate surface area is 120 Å². The van der Waals surface area contributed by atoms with Gasteiger partial charge in [-0.15, -0.1) is 24.0 Å². The molecule has 0 saturated carbocycles. The molecule has 1 aromatic rings. The Bertz CT molecular complexity index is 334. The zero-order valence-electron chi connectivity index (χ0n) is 10.7. The van der Waals surface area contributed by atoms with E-state index in [-0.39, 0.29) is 24.0 Å². The lowest BCUT2D eigenvalue weighted by Gasteiger charge is -2.10. The van der Waals surface area contributed by atoms with Gasteiger partial charge in [0.05, 0.1) is 6.20 Å². The number of aryl methyl sites for hydroxylation is 1. The molecule has 1 aromatic heterocycles. The molecular formula is C11H22IN5. The molecule has 0 spiro atoms. The SMILES string of the molecule is CCCNC(=NC)NCCc1cnn(C)c1.I. The van der Waals surface area contributed by atoms with Crippen LogP contribution in [0.4, 0.5) is 0 Å². The van der Waals surface area contributed by atoms with E-state index in [2.05, 4.69) is 27.6 Å². The average Bonchev–Trinajstić information content (AvgIpc) is 2.69. The Morgan fingerprint density at radius 1 is 1.41 bits per heavy atom. The van der Waals surface area contributed by atoms with Crippen molar-refractivity contribution in [3.63, 3.8) is 0 Å². The molecule has 0 saturated heterocycles. The van der Waals surface area contributed by atoms with Crippen LogP contribution in [0.25, 0.3) is 0 Å². The zero-order valence-corrected chi connectivity index (χ0v) is 13.1. The molecule has 0 fully saturated rings. The van der Waals surface area contributed by atoms with Crippen LogP contribution in [0.2, 0.25) is 0 Å². The summed E-state index contributed by atoms with van der Waals surface area (Å²) in [6.45, 7) is 3.96. The van der Waals surface area contributed by atoms with Crippen LogP contribution in [-0.4, -0.2) is 35.9 Å². The molecule has 0 aliphatic rings. The van der Waals surface area contributed by atoms with Crippen molar-refractivity contribution in [2.24, 2.45) is 12.0 Å². The quantitative estimate of drug-likeness (QED) is 0.476. The van der Waals surface area contributed by atoms with Gasteiger partial charge < -0.3 is 10.6 Å². The number of hydrogen-bond donors (Lipinski definition) is 2. The summed E-state index contributed by atoms with van der Waals surface area (Å²) in [7, 11) is 3.72. The minimum absolute atomic E-state index is 0. The molecule has 98 valence electrons. The van der Waals surface area contributed by atoms with Crippen LogP contribution in [0.3, 0.4) is 0 Å². The van der Waals surface area contributed by atoms with Gasteiger partial charge in [0.1, 0.15) is 0 Å². The predicted molar refractivity (Wildman–Crippen MR) is 82.0 cm³/mol.